The molecule has 1 saturated heterocycles. The van der Waals surface area contributed by atoms with Gasteiger partial charge in [-0.1, -0.05) is 6.92 Å². The molecule has 0 bridgehead atoms. The van der Waals surface area contributed by atoms with Crippen LogP contribution in [0.2, 0.25) is 0 Å². The number of hydrogen-bond acceptors (Lipinski definition) is 4. The maximum absolute atomic E-state index is 12.3. The normalized spacial score (nSPS) is 16.3. The van der Waals surface area contributed by atoms with Gasteiger partial charge in [0.05, 0.1) is 24.1 Å². The summed E-state index contributed by atoms with van der Waals surface area (Å²) >= 11 is 0. The smallest absolute Gasteiger partial charge is 0.251 e. The van der Waals surface area contributed by atoms with E-state index in [1.807, 2.05) is 37.8 Å². The van der Waals surface area contributed by atoms with Gasteiger partial charge in [-0.15, -0.1) is 0 Å². The lowest BCUT2D eigenvalue weighted by atomic mass is 9.94. The highest BCUT2D eigenvalue weighted by Gasteiger charge is 2.27. The van der Waals surface area contributed by atoms with E-state index in [2.05, 4.69) is 35.0 Å². The molecule has 0 aliphatic carbocycles. The maximum Gasteiger partial charge on any atom is 0.251 e. The van der Waals surface area contributed by atoms with E-state index >= 15 is 0 Å². The number of amides is 2. The maximum atomic E-state index is 12.3. The fraction of sp³-hybridized carbons (Fsp3) is 0.423. The average Bonchev–Trinajstić information content (AvgIpc) is 3.14. The Labute approximate surface area is 194 Å². The number of aryl methyl sites for hydroxylation is 3. The number of hydrogen-bond donors (Lipinski definition) is 1. The number of carbonyl (C=O) groups excluding carboxylic acids is 2. The number of morpholine rings is 1. The molecule has 3 heterocycles. The molecule has 33 heavy (non-hydrogen) atoms. The van der Waals surface area contributed by atoms with Gasteiger partial charge < -0.3 is 19.4 Å². The van der Waals surface area contributed by atoms with Gasteiger partial charge in [0.15, 0.2) is 0 Å². The number of aromatic nitrogens is 2. The zero-order valence-electron chi connectivity index (χ0n) is 20.1. The molecule has 2 amide bonds. The predicted molar refractivity (Wildman–Crippen MR) is 129 cm³/mol. The topological polar surface area (TPSA) is 75.9 Å². The standard InChI is InChI=1S/C26H32N4O3/c1-6-23(31)29-9-10-33-20(15-29)14-21-25(28-22-11-16(2)7-8-30(21)22)24-17(3)12-19(13-18(24)4)26(32)27-5/h7-8,11-13,20H,6,9-10,14-15H2,1-5H3,(H,27,32). The minimum absolute atomic E-state index is 0.0973. The molecule has 1 fully saturated rings. The minimum atomic E-state index is -0.102. The Kier molecular flexibility index (Phi) is 6.51. The molecule has 0 spiro atoms. The zero-order chi connectivity index (χ0) is 23.7. The van der Waals surface area contributed by atoms with E-state index in [9.17, 15) is 9.59 Å². The fourth-order valence-corrected chi connectivity index (χ4v) is 4.71. The van der Waals surface area contributed by atoms with Gasteiger partial charge in [0.1, 0.15) is 5.65 Å². The van der Waals surface area contributed by atoms with E-state index in [-0.39, 0.29) is 17.9 Å². The summed E-state index contributed by atoms with van der Waals surface area (Å²) in [5, 5.41) is 2.70. The Morgan fingerprint density at radius 3 is 2.58 bits per heavy atom. The third-order valence-electron chi connectivity index (χ3n) is 6.35. The first-order valence-corrected chi connectivity index (χ1v) is 11.5. The summed E-state index contributed by atoms with van der Waals surface area (Å²) in [7, 11) is 1.64. The van der Waals surface area contributed by atoms with Crippen LogP contribution in [-0.4, -0.2) is 58.9 Å². The summed E-state index contributed by atoms with van der Waals surface area (Å²) in [6.07, 6.45) is 3.10. The van der Waals surface area contributed by atoms with Crippen molar-refractivity contribution < 1.29 is 14.3 Å². The molecule has 1 atom stereocenters. The van der Waals surface area contributed by atoms with E-state index in [1.54, 1.807) is 7.05 Å². The van der Waals surface area contributed by atoms with Crippen molar-refractivity contribution in [1.29, 1.82) is 0 Å². The molecule has 1 aliphatic rings. The number of ether oxygens (including phenoxy) is 1. The lowest BCUT2D eigenvalue weighted by Gasteiger charge is -2.33. The van der Waals surface area contributed by atoms with Crippen molar-refractivity contribution in [2.75, 3.05) is 26.7 Å². The van der Waals surface area contributed by atoms with Crippen molar-refractivity contribution in [2.24, 2.45) is 0 Å². The molecule has 7 heteroatoms. The predicted octanol–water partition coefficient (Wildman–Crippen LogP) is 3.47. The summed E-state index contributed by atoms with van der Waals surface area (Å²) in [4.78, 5) is 31.4. The van der Waals surface area contributed by atoms with Gasteiger partial charge in [0, 0.05) is 50.3 Å². The number of nitrogens with zero attached hydrogens (tertiary/aromatic N) is 3. The molecular formula is C26H32N4O3. The molecule has 7 nitrogen and oxygen atoms in total. The third-order valence-corrected chi connectivity index (χ3v) is 6.35. The summed E-state index contributed by atoms with van der Waals surface area (Å²) in [5.74, 6) is 0.0589. The van der Waals surface area contributed by atoms with E-state index in [0.29, 0.717) is 38.1 Å². The van der Waals surface area contributed by atoms with Crippen molar-refractivity contribution in [3.8, 4) is 11.3 Å². The monoisotopic (exact) mass is 448 g/mol. The van der Waals surface area contributed by atoms with Crippen LogP contribution in [0.4, 0.5) is 0 Å². The molecule has 1 unspecified atom stereocenters. The first-order chi connectivity index (χ1) is 15.8. The number of benzene rings is 1. The number of fused-ring (bicyclic) bond motifs is 1. The number of rotatable bonds is 5. The molecule has 1 aromatic carbocycles. The lowest BCUT2D eigenvalue weighted by Crippen LogP contribution is -2.46. The Morgan fingerprint density at radius 2 is 1.91 bits per heavy atom. The summed E-state index contributed by atoms with van der Waals surface area (Å²) < 4.78 is 8.20. The molecule has 1 aliphatic heterocycles. The van der Waals surface area contributed by atoms with Gasteiger partial charge in [0.25, 0.3) is 5.91 Å². The van der Waals surface area contributed by atoms with Gasteiger partial charge in [-0.3, -0.25) is 9.59 Å². The van der Waals surface area contributed by atoms with Crippen LogP contribution in [0.5, 0.6) is 0 Å². The Hall–Kier alpha value is -3.19. The molecule has 4 rings (SSSR count). The third kappa shape index (κ3) is 4.50. The highest BCUT2D eigenvalue weighted by Crippen LogP contribution is 2.33. The number of pyridine rings is 1. The molecule has 0 radical (unpaired) electrons. The van der Waals surface area contributed by atoms with Crippen LogP contribution in [0.1, 0.15) is 46.1 Å². The largest absolute Gasteiger partial charge is 0.374 e. The number of imidazole rings is 1. The molecule has 0 saturated carbocycles. The first kappa shape index (κ1) is 23.0. The van der Waals surface area contributed by atoms with Crippen LogP contribution in [0.25, 0.3) is 16.9 Å². The van der Waals surface area contributed by atoms with Crippen molar-refractivity contribution in [3.63, 3.8) is 0 Å². The fourth-order valence-electron chi connectivity index (χ4n) is 4.71. The van der Waals surface area contributed by atoms with Crippen LogP contribution in [0, 0.1) is 20.8 Å². The van der Waals surface area contributed by atoms with Crippen molar-refractivity contribution in [2.45, 2.75) is 46.6 Å². The van der Waals surface area contributed by atoms with Crippen molar-refractivity contribution >= 4 is 17.5 Å². The van der Waals surface area contributed by atoms with Gasteiger partial charge in [-0.25, -0.2) is 4.98 Å². The summed E-state index contributed by atoms with van der Waals surface area (Å²) in [6.45, 7) is 9.76. The van der Waals surface area contributed by atoms with Crippen LogP contribution in [-0.2, 0) is 16.0 Å². The van der Waals surface area contributed by atoms with Crippen LogP contribution >= 0.6 is 0 Å². The molecular weight excluding hydrogens is 416 g/mol. The lowest BCUT2D eigenvalue weighted by molar-refractivity contribution is -0.138. The molecule has 174 valence electrons. The summed E-state index contributed by atoms with van der Waals surface area (Å²) in [6, 6.07) is 7.98. The van der Waals surface area contributed by atoms with E-state index in [4.69, 9.17) is 9.72 Å². The highest BCUT2D eigenvalue weighted by atomic mass is 16.5. The Balaban J connectivity index is 1.79. The van der Waals surface area contributed by atoms with Crippen molar-refractivity contribution in [1.82, 2.24) is 19.6 Å². The minimum Gasteiger partial charge on any atom is -0.374 e. The SMILES string of the molecule is CCC(=O)N1CCOC(Cc2c(-c3c(C)cc(C(=O)NC)cc3C)nc3cc(C)ccn23)C1. The van der Waals surface area contributed by atoms with Crippen molar-refractivity contribution in [3.05, 3.63) is 58.4 Å². The second-order valence-electron chi connectivity index (χ2n) is 8.79. The van der Waals surface area contributed by atoms with Gasteiger partial charge in [-0.05, 0) is 61.7 Å². The van der Waals surface area contributed by atoms with Gasteiger partial charge >= 0.3 is 0 Å². The summed E-state index contributed by atoms with van der Waals surface area (Å²) in [5.41, 5.74) is 7.66. The first-order valence-electron chi connectivity index (χ1n) is 11.5. The van der Waals surface area contributed by atoms with Gasteiger partial charge in [0.2, 0.25) is 5.91 Å². The molecule has 1 N–H and O–H groups in total. The van der Waals surface area contributed by atoms with Crippen LogP contribution in [0.15, 0.2) is 30.5 Å². The highest BCUT2D eigenvalue weighted by molar-refractivity contribution is 5.95. The van der Waals surface area contributed by atoms with Gasteiger partial charge in [-0.2, -0.15) is 0 Å². The van der Waals surface area contributed by atoms with E-state index < -0.39 is 0 Å². The second-order valence-corrected chi connectivity index (χ2v) is 8.79. The zero-order valence-corrected chi connectivity index (χ0v) is 20.1. The van der Waals surface area contributed by atoms with Crippen LogP contribution in [0.3, 0.4) is 0 Å². The number of nitrogens with one attached hydrogen (secondary N) is 1. The van der Waals surface area contributed by atoms with Crippen LogP contribution < -0.4 is 5.32 Å². The number of carbonyl (C=O) groups is 2. The molecule has 2 aromatic heterocycles. The van der Waals surface area contributed by atoms with E-state index in [1.165, 1.54) is 0 Å². The average molecular weight is 449 g/mol. The molecule has 3 aromatic rings. The Morgan fingerprint density at radius 1 is 1.18 bits per heavy atom. The second kappa shape index (κ2) is 9.35. The quantitative estimate of drug-likeness (QED) is 0.649. The van der Waals surface area contributed by atoms with E-state index in [0.717, 1.165) is 39.3 Å². The Bertz CT molecular complexity index is 1190.